The van der Waals surface area contributed by atoms with Gasteiger partial charge in [-0.1, -0.05) is 24.3 Å². The number of benzene rings is 1. The molecule has 0 aliphatic heterocycles. The van der Waals surface area contributed by atoms with E-state index < -0.39 is 0 Å². The second kappa shape index (κ2) is 6.75. The monoisotopic (exact) mass is 257 g/mol. The largest absolute Gasteiger partial charge is 0.361 e. The Balaban J connectivity index is 1.79. The molecule has 0 saturated heterocycles. The molecule has 0 bridgehead atoms. The summed E-state index contributed by atoms with van der Waals surface area (Å²) in [4.78, 5) is 14.7. The molecule has 0 spiro atoms. The molecule has 0 aliphatic carbocycles. The van der Waals surface area contributed by atoms with Crippen LogP contribution in [-0.4, -0.2) is 30.5 Å². The lowest BCUT2D eigenvalue weighted by atomic mass is 10.1. The van der Waals surface area contributed by atoms with Gasteiger partial charge in [-0.2, -0.15) is 0 Å². The Hall–Kier alpha value is -2.07. The zero-order chi connectivity index (χ0) is 13.5. The maximum Gasteiger partial charge on any atom is 0.233 e. The maximum absolute atomic E-state index is 11.5. The minimum Gasteiger partial charge on any atom is -0.361 e. The Kier molecular flexibility index (Phi) is 4.75. The van der Waals surface area contributed by atoms with E-state index in [2.05, 4.69) is 34.3 Å². The molecule has 3 N–H and O–H groups in total. The fraction of sp³-hybridized carbons (Fsp3) is 0.267. The zero-order valence-electron chi connectivity index (χ0n) is 10.9. The average molecular weight is 257 g/mol. The van der Waals surface area contributed by atoms with Gasteiger partial charge in [0, 0.05) is 30.2 Å². The Bertz CT molecular complexity index is 559. The van der Waals surface area contributed by atoms with Crippen molar-refractivity contribution in [3.05, 3.63) is 48.7 Å². The fourth-order valence-electron chi connectivity index (χ4n) is 2.03. The summed E-state index contributed by atoms with van der Waals surface area (Å²) < 4.78 is 0. The topological polar surface area (TPSA) is 56.9 Å². The molecular formula is C15H19N3O. The molecule has 4 heteroatoms. The smallest absolute Gasteiger partial charge is 0.233 e. The van der Waals surface area contributed by atoms with Crippen molar-refractivity contribution in [2.75, 3.05) is 19.6 Å². The van der Waals surface area contributed by atoms with Crippen LogP contribution in [0.4, 0.5) is 0 Å². The van der Waals surface area contributed by atoms with E-state index in [1.165, 1.54) is 10.9 Å². The normalized spacial score (nSPS) is 10.5. The predicted octanol–water partition coefficient (Wildman–Crippen LogP) is 1.60. The van der Waals surface area contributed by atoms with Crippen molar-refractivity contribution in [3.8, 4) is 0 Å². The van der Waals surface area contributed by atoms with Crippen molar-refractivity contribution in [1.82, 2.24) is 15.6 Å². The first-order valence-electron chi connectivity index (χ1n) is 6.44. The number of H-pyrrole nitrogens is 1. The molecule has 0 atom stereocenters. The summed E-state index contributed by atoms with van der Waals surface area (Å²) in [5.74, 6) is 0.0155. The number of hydrogen-bond acceptors (Lipinski definition) is 2. The molecule has 1 amide bonds. The first kappa shape index (κ1) is 13.4. The lowest BCUT2D eigenvalue weighted by Crippen LogP contribution is -2.34. The fourth-order valence-corrected chi connectivity index (χ4v) is 2.03. The van der Waals surface area contributed by atoms with Crippen molar-refractivity contribution in [1.29, 1.82) is 0 Å². The highest BCUT2D eigenvalue weighted by atomic mass is 16.1. The predicted molar refractivity (Wildman–Crippen MR) is 78.1 cm³/mol. The summed E-state index contributed by atoms with van der Waals surface area (Å²) in [6.45, 7) is 5.22. The molecule has 0 radical (unpaired) electrons. The molecule has 19 heavy (non-hydrogen) atoms. The number of carbonyl (C=O) groups is 1. The van der Waals surface area contributed by atoms with Crippen LogP contribution in [0.3, 0.4) is 0 Å². The van der Waals surface area contributed by atoms with Gasteiger partial charge >= 0.3 is 0 Å². The van der Waals surface area contributed by atoms with E-state index in [4.69, 9.17) is 0 Å². The number of hydrogen-bond donors (Lipinski definition) is 3. The van der Waals surface area contributed by atoms with Crippen LogP contribution in [0.2, 0.25) is 0 Å². The third-order valence-corrected chi connectivity index (χ3v) is 2.97. The van der Waals surface area contributed by atoms with Crippen molar-refractivity contribution in [3.63, 3.8) is 0 Å². The number of fused-ring (bicyclic) bond motifs is 1. The van der Waals surface area contributed by atoms with Gasteiger partial charge in [-0.05, 0) is 18.1 Å². The first-order valence-corrected chi connectivity index (χ1v) is 6.44. The number of carbonyl (C=O) groups excluding carboxylic acids is 1. The van der Waals surface area contributed by atoms with Gasteiger partial charge < -0.3 is 15.6 Å². The Morgan fingerprint density at radius 3 is 3.05 bits per heavy atom. The van der Waals surface area contributed by atoms with Gasteiger partial charge in [0.15, 0.2) is 0 Å². The molecule has 4 nitrogen and oxygen atoms in total. The third-order valence-electron chi connectivity index (χ3n) is 2.97. The lowest BCUT2D eigenvalue weighted by Gasteiger charge is -2.05. The van der Waals surface area contributed by atoms with E-state index in [-0.39, 0.29) is 5.91 Å². The molecule has 1 heterocycles. The number of nitrogens with one attached hydrogen (secondary N) is 3. The second-order valence-electron chi connectivity index (χ2n) is 4.38. The van der Waals surface area contributed by atoms with Gasteiger partial charge in [-0.15, -0.1) is 6.58 Å². The lowest BCUT2D eigenvalue weighted by molar-refractivity contribution is -0.120. The van der Waals surface area contributed by atoms with Crippen LogP contribution in [0.1, 0.15) is 5.56 Å². The van der Waals surface area contributed by atoms with E-state index in [0.29, 0.717) is 19.6 Å². The highest BCUT2D eigenvalue weighted by molar-refractivity contribution is 5.83. The van der Waals surface area contributed by atoms with Crippen molar-refractivity contribution in [2.24, 2.45) is 0 Å². The van der Waals surface area contributed by atoms with Gasteiger partial charge in [0.2, 0.25) is 5.91 Å². The van der Waals surface area contributed by atoms with Crippen LogP contribution >= 0.6 is 0 Å². The van der Waals surface area contributed by atoms with Crippen LogP contribution in [0.5, 0.6) is 0 Å². The minimum atomic E-state index is 0.0155. The number of rotatable bonds is 7. The molecule has 0 fully saturated rings. The van der Waals surface area contributed by atoms with E-state index in [1.54, 1.807) is 6.08 Å². The highest BCUT2D eigenvalue weighted by Gasteiger charge is 2.03. The molecule has 100 valence electrons. The van der Waals surface area contributed by atoms with Crippen LogP contribution in [-0.2, 0) is 11.2 Å². The molecule has 2 rings (SSSR count). The Labute approximate surface area is 112 Å². The first-order chi connectivity index (χ1) is 9.31. The number of aromatic nitrogens is 1. The number of para-hydroxylation sites is 1. The second-order valence-corrected chi connectivity index (χ2v) is 4.38. The Morgan fingerprint density at radius 2 is 2.21 bits per heavy atom. The summed E-state index contributed by atoms with van der Waals surface area (Å²) in [6.07, 6.45) is 4.57. The van der Waals surface area contributed by atoms with Gasteiger partial charge in [0.25, 0.3) is 0 Å². The molecule has 1 aromatic carbocycles. The van der Waals surface area contributed by atoms with Crippen LogP contribution in [0.15, 0.2) is 43.1 Å². The van der Waals surface area contributed by atoms with E-state index in [0.717, 1.165) is 11.9 Å². The molecule has 0 saturated carbocycles. The van der Waals surface area contributed by atoms with E-state index in [1.807, 2.05) is 18.3 Å². The van der Waals surface area contributed by atoms with E-state index >= 15 is 0 Å². The molecule has 1 aromatic heterocycles. The SMILES string of the molecule is C=CCNCC(=O)NCCc1c[nH]c2ccccc12. The standard InChI is InChI=1S/C15H19N3O/c1-2-8-16-11-15(19)17-9-7-12-10-18-14-6-4-3-5-13(12)14/h2-6,10,16,18H,1,7-9,11H2,(H,17,19). The summed E-state index contributed by atoms with van der Waals surface area (Å²) in [6, 6.07) is 8.18. The van der Waals surface area contributed by atoms with Crippen molar-refractivity contribution in [2.45, 2.75) is 6.42 Å². The maximum atomic E-state index is 11.5. The van der Waals surface area contributed by atoms with Gasteiger partial charge in [-0.25, -0.2) is 0 Å². The summed E-state index contributed by atoms with van der Waals surface area (Å²) in [7, 11) is 0. The van der Waals surface area contributed by atoms with Gasteiger partial charge in [0.1, 0.15) is 0 Å². The van der Waals surface area contributed by atoms with Crippen molar-refractivity contribution >= 4 is 16.8 Å². The summed E-state index contributed by atoms with van der Waals surface area (Å²) in [5, 5.41) is 7.09. The van der Waals surface area contributed by atoms with Crippen molar-refractivity contribution < 1.29 is 4.79 Å². The average Bonchev–Trinajstić information content (AvgIpc) is 2.83. The molecule has 0 unspecified atom stereocenters. The van der Waals surface area contributed by atoms with Crippen LogP contribution in [0.25, 0.3) is 10.9 Å². The highest BCUT2D eigenvalue weighted by Crippen LogP contribution is 2.17. The zero-order valence-corrected chi connectivity index (χ0v) is 10.9. The van der Waals surface area contributed by atoms with E-state index in [9.17, 15) is 4.79 Å². The van der Waals surface area contributed by atoms with Gasteiger partial charge in [0.05, 0.1) is 6.54 Å². The molecule has 0 aliphatic rings. The van der Waals surface area contributed by atoms with Crippen LogP contribution in [0, 0.1) is 0 Å². The quantitative estimate of drug-likeness (QED) is 0.521. The summed E-state index contributed by atoms with van der Waals surface area (Å²) >= 11 is 0. The molecular weight excluding hydrogens is 238 g/mol. The minimum absolute atomic E-state index is 0.0155. The number of aromatic amines is 1. The third kappa shape index (κ3) is 3.69. The number of amides is 1. The Morgan fingerprint density at radius 1 is 1.37 bits per heavy atom. The van der Waals surface area contributed by atoms with Gasteiger partial charge in [-0.3, -0.25) is 4.79 Å². The summed E-state index contributed by atoms with van der Waals surface area (Å²) in [5.41, 5.74) is 2.37. The van der Waals surface area contributed by atoms with Crippen LogP contribution < -0.4 is 10.6 Å². The molecule has 2 aromatic rings.